The Labute approximate surface area is 131 Å². The molecule has 106 valence electrons. The number of benzene rings is 2. The molecule has 0 amide bonds. The minimum Gasteiger partial charge on any atom is -0.324 e. The zero-order valence-corrected chi connectivity index (χ0v) is 13.7. The van der Waals surface area contributed by atoms with Gasteiger partial charge in [0.05, 0.1) is 0 Å². The summed E-state index contributed by atoms with van der Waals surface area (Å²) < 4.78 is 14.2. The van der Waals surface area contributed by atoms with E-state index >= 15 is 0 Å². The SMILES string of the molecule is CCSc1ccc(C(N)Cc2cc(F)ccc2Br)cc1. The highest BCUT2D eigenvalue weighted by Crippen LogP contribution is 2.25. The lowest BCUT2D eigenvalue weighted by Crippen LogP contribution is -2.13. The van der Waals surface area contributed by atoms with Gasteiger partial charge in [-0.25, -0.2) is 4.39 Å². The molecule has 0 aromatic heterocycles. The van der Waals surface area contributed by atoms with E-state index in [0.29, 0.717) is 6.42 Å². The fraction of sp³-hybridized carbons (Fsp3) is 0.250. The van der Waals surface area contributed by atoms with Crippen molar-refractivity contribution in [2.75, 3.05) is 5.75 Å². The molecule has 1 nitrogen and oxygen atoms in total. The molecule has 0 radical (unpaired) electrons. The average Bonchev–Trinajstić information content (AvgIpc) is 2.44. The lowest BCUT2D eigenvalue weighted by molar-refractivity contribution is 0.621. The number of nitrogens with two attached hydrogens (primary N) is 1. The average molecular weight is 354 g/mol. The predicted molar refractivity (Wildman–Crippen MR) is 87.6 cm³/mol. The first-order valence-corrected chi connectivity index (χ1v) is 8.30. The summed E-state index contributed by atoms with van der Waals surface area (Å²) in [5, 5.41) is 0. The van der Waals surface area contributed by atoms with Crippen LogP contribution >= 0.6 is 27.7 Å². The van der Waals surface area contributed by atoms with Crippen molar-refractivity contribution in [3.8, 4) is 0 Å². The Morgan fingerprint density at radius 2 is 1.90 bits per heavy atom. The Kier molecular flexibility index (Phi) is 5.64. The first-order chi connectivity index (χ1) is 9.60. The van der Waals surface area contributed by atoms with Gasteiger partial charge in [-0.15, -0.1) is 11.8 Å². The first kappa shape index (κ1) is 15.5. The Morgan fingerprint density at radius 1 is 1.20 bits per heavy atom. The van der Waals surface area contributed by atoms with Gasteiger partial charge in [0.2, 0.25) is 0 Å². The summed E-state index contributed by atoms with van der Waals surface area (Å²) in [5.74, 6) is 0.826. The highest BCUT2D eigenvalue weighted by atomic mass is 79.9. The summed E-state index contributed by atoms with van der Waals surface area (Å²) in [6.45, 7) is 2.13. The van der Waals surface area contributed by atoms with Crippen molar-refractivity contribution < 1.29 is 4.39 Å². The molecule has 0 aliphatic rings. The maximum Gasteiger partial charge on any atom is 0.123 e. The number of hydrogen-bond donors (Lipinski definition) is 1. The molecule has 4 heteroatoms. The molecule has 2 aromatic rings. The highest BCUT2D eigenvalue weighted by Gasteiger charge is 2.10. The van der Waals surface area contributed by atoms with E-state index in [2.05, 4.69) is 47.1 Å². The first-order valence-electron chi connectivity index (χ1n) is 6.52. The van der Waals surface area contributed by atoms with E-state index in [0.717, 1.165) is 21.4 Å². The summed E-state index contributed by atoms with van der Waals surface area (Å²) in [6, 6.07) is 12.8. The zero-order chi connectivity index (χ0) is 14.5. The molecule has 0 aliphatic heterocycles. The van der Waals surface area contributed by atoms with Gasteiger partial charge < -0.3 is 5.73 Å². The lowest BCUT2D eigenvalue weighted by atomic mass is 10.00. The van der Waals surface area contributed by atoms with E-state index < -0.39 is 0 Å². The molecule has 0 bridgehead atoms. The minimum absolute atomic E-state index is 0.131. The van der Waals surface area contributed by atoms with Gasteiger partial charge in [-0.05, 0) is 53.6 Å². The van der Waals surface area contributed by atoms with Crippen LogP contribution in [0.4, 0.5) is 4.39 Å². The van der Waals surface area contributed by atoms with Gasteiger partial charge in [0, 0.05) is 15.4 Å². The van der Waals surface area contributed by atoms with E-state index in [1.165, 1.54) is 17.0 Å². The van der Waals surface area contributed by atoms with Crippen LogP contribution in [0.25, 0.3) is 0 Å². The molecule has 1 atom stereocenters. The number of halogens is 2. The fourth-order valence-electron chi connectivity index (χ4n) is 2.03. The monoisotopic (exact) mass is 353 g/mol. The largest absolute Gasteiger partial charge is 0.324 e. The van der Waals surface area contributed by atoms with Crippen molar-refractivity contribution in [1.82, 2.24) is 0 Å². The third kappa shape index (κ3) is 4.08. The summed E-state index contributed by atoms with van der Waals surface area (Å²) in [6.07, 6.45) is 0.610. The maximum atomic E-state index is 13.3. The lowest BCUT2D eigenvalue weighted by Gasteiger charge is -2.14. The van der Waals surface area contributed by atoms with Crippen molar-refractivity contribution >= 4 is 27.7 Å². The topological polar surface area (TPSA) is 26.0 Å². The molecule has 0 saturated heterocycles. The van der Waals surface area contributed by atoms with Crippen LogP contribution in [0.2, 0.25) is 0 Å². The van der Waals surface area contributed by atoms with E-state index in [1.54, 1.807) is 17.8 Å². The molecule has 2 N–H and O–H groups in total. The Bertz CT molecular complexity index is 571. The second-order valence-corrected chi connectivity index (χ2v) is 6.74. The standard InChI is InChI=1S/C16H17BrFNS/c1-2-20-14-6-3-11(4-7-14)16(19)10-12-9-13(18)5-8-15(12)17/h3-9,16H,2,10,19H2,1H3. The molecule has 2 rings (SSSR count). The van der Waals surface area contributed by atoms with Crippen LogP contribution in [0.15, 0.2) is 51.8 Å². The molecule has 0 spiro atoms. The van der Waals surface area contributed by atoms with Gasteiger partial charge in [-0.1, -0.05) is 35.0 Å². The van der Waals surface area contributed by atoms with Crippen LogP contribution in [-0.4, -0.2) is 5.75 Å². The quantitative estimate of drug-likeness (QED) is 0.770. The summed E-state index contributed by atoms with van der Waals surface area (Å²) in [7, 11) is 0. The third-order valence-corrected chi connectivity index (χ3v) is 4.73. The van der Waals surface area contributed by atoms with E-state index in [1.807, 2.05) is 0 Å². The summed E-state index contributed by atoms with van der Waals surface area (Å²) in [5.41, 5.74) is 8.18. The second-order valence-electron chi connectivity index (χ2n) is 4.55. The number of rotatable bonds is 5. The van der Waals surface area contributed by atoms with Crippen molar-refractivity contribution in [2.45, 2.75) is 24.3 Å². The summed E-state index contributed by atoms with van der Waals surface area (Å²) >= 11 is 5.24. The molecule has 1 unspecified atom stereocenters. The van der Waals surface area contributed by atoms with Crippen molar-refractivity contribution in [3.63, 3.8) is 0 Å². The van der Waals surface area contributed by atoms with Gasteiger partial charge >= 0.3 is 0 Å². The van der Waals surface area contributed by atoms with Crippen molar-refractivity contribution in [3.05, 3.63) is 63.9 Å². The summed E-state index contributed by atoms with van der Waals surface area (Å²) in [4.78, 5) is 1.25. The molecule has 20 heavy (non-hydrogen) atoms. The van der Waals surface area contributed by atoms with Crippen LogP contribution in [-0.2, 0) is 6.42 Å². The Hall–Kier alpha value is -0.840. The zero-order valence-electron chi connectivity index (χ0n) is 11.3. The van der Waals surface area contributed by atoms with Crippen LogP contribution in [0.3, 0.4) is 0 Å². The van der Waals surface area contributed by atoms with Crippen LogP contribution in [0.5, 0.6) is 0 Å². The molecule has 0 aliphatic carbocycles. The molecular weight excluding hydrogens is 337 g/mol. The normalized spacial score (nSPS) is 12.4. The third-order valence-electron chi connectivity index (χ3n) is 3.07. The second kappa shape index (κ2) is 7.25. The van der Waals surface area contributed by atoms with Crippen molar-refractivity contribution in [2.24, 2.45) is 5.73 Å². The molecule has 0 heterocycles. The Balaban J connectivity index is 2.11. The van der Waals surface area contributed by atoms with Gasteiger partial charge in [0.25, 0.3) is 0 Å². The molecule has 2 aromatic carbocycles. The molecule has 0 fully saturated rings. The number of thioether (sulfide) groups is 1. The van der Waals surface area contributed by atoms with Crippen LogP contribution in [0.1, 0.15) is 24.1 Å². The van der Waals surface area contributed by atoms with Gasteiger partial charge in [0.1, 0.15) is 5.82 Å². The van der Waals surface area contributed by atoms with Crippen LogP contribution in [0, 0.1) is 5.82 Å². The maximum absolute atomic E-state index is 13.3. The van der Waals surface area contributed by atoms with Crippen molar-refractivity contribution in [1.29, 1.82) is 0 Å². The van der Waals surface area contributed by atoms with Crippen LogP contribution < -0.4 is 5.73 Å². The van der Waals surface area contributed by atoms with Gasteiger partial charge in [-0.2, -0.15) is 0 Å². The fourth-order valence-corrected chi connectivity index (χ4v) is 3.10. The van der Waals surface area contributed by atoms with Gasteiger partial charge in [0.15, 0.2) is 0 Å². The molecule has 0 saturated carbocycles. The Morgan fingerprint density at radius 3 is 2.55 bits per heavy atom. The smallest absolute Gasteiger partial charge is 0.123 e. The van der Waals surface area contributed by atoms with Gasteiger partial charge in [-0.3, -0.25) is 0 Å². The van der Waals surface area contributed by atoms with E-state index in [9.17, 15) is 4.39 Å². The molecular formula is C16H17BrFNS. The minimum atomic E-state index is -0.231. The number of hydrogen-bond acceptors (Lipinski definition) is 2. The van der Waals surface area contributed by atoms with E-state index in [-0.39, 0.29) is 11.9 Å². The van der Waals surface area contributed by atoms with E-state index in [4.69, 9.17) is 5.73 Å². The highest BCUT2D eigenvalue weighted by molar-refractivity contribution is 9.10. The predicted octanol–water partition coefficient (Wildman–Crippen LogP) is 4.94.